The third-order valence-corrected chi connectivity index (χ3v) is 7.20. The van der Waals surface area contributed by atoms with E-state index in [1.54, 1.807) is 35.9 Å². The number of carbonyl (C=O) groups excluding carboxylic acids is 1. The van der Waals surface area contributed by atoms with E-state index in [9.17, 15) is 9.59 Å². The lowest BCUT2D eigenvalue weighted by molar-refractivity contribution is -0.118. The van der Waals surface area contributed by atoms with E-state index in [0.717, 1.165) is 22.4 Å². The molecule has 0 aliphatic rings. The van der Waals surface area contributed by atoms with Gasteiger partial charge in [-0.25, -0.2) is 10.4 Å². The van der Waals surface area contributed by atoms with Crippen LogP contribution in [0.5, 0.6) is 11.5 Å². The summed E-state index contributed by atoms with van der Waals surface area (Å²) in [7, 11) is 1.57. The summed E-state index contributed by atoms with van der Waals surface area (Å²) in [6.07, 6.45) is 1.53. The van der Waals surface area contributed by atoms with E-state index in [2.05, 4.69) is 10.5 Å². The maximum absolute atomic E-state index is 13.4. The Bertz CT molecular complexity index is 1770. The number of methoxy groups -OCH3 is 1. The van der Waals surface area contributed by atoms with Crippen LogP contribution in [0.15, 0.2) is 112 Å². The van der Waals surface area contributed by atoms with Gasteiger partial charge in [-0.2, -0.15) is 5.10 Å². The number of ether oxygens (including phenoxy) is 2. The zero-order chi connectivity index (χ0) is 28.6. The van der Waals surface area contributed by atoms with Crippen molar-refractivity contribution in [3.8, 4) is 17.2 Å². The lowest BCUT2D eigenvalue weighted by atomic mass is 10.2. The van der Waals surface area contributed by atoms with Gasteiger partial charge in [0.15, 0.2) is 16.7 Å². The quantitative estimate of drug-likeness (QED) is 0.104. The fourth-order valence-corrected chi connectivity index (χ4v) is 4.99. The monoisotopic (exact) mass is 564 g/mol. The molecule has 9 heteroatoms. The predicted molar refractivity (Wildman–Crippen MR) is 162 cm³/mol. The van der Waals surface area contributed by atoms with Gasteiger partial charge in [-0.05, 0) is 60.0 Å². The molecule has 1 heterocycles. The van der Waals surface area contributed by atoms with Gasteiger partial charge in [-0.1, -0.05) is 72.4 Å². The second-order valence-corrected chi connectivity index (χ2v) is 10.0. The van der Waals surface area contributed by atoms with E-state index in [0.29, 0.717) is 34.2 Å². The first-order valence-corrected chi connectivity index (χ1v) is 13.9. The van der Waals surface area contributed by atoms with E-state index in [-0.39, 0.29) is 17.2 Å². The highest BCUT2D eigenvalue weighted by atomic mass is 32.2. The Morgan fingerprint density at radius 2 is 1.73 bits per heavy atom. The molecule has 8 nitrogen and oxygen atoms in total. The first kappa shape index (κ1) is 27.7. The molecule has 1 N–H and O–H groups in total. The number of nitrogens with one attached hydrogen (secondary N) is 1. The molecular formula is C32H28N4O4S. The number of fused-ring (bicyclic) bond motifs is 1. The summed E-state index contributed by atoms with van der Waals surface area (Å²) < 4.78 is 12.9. The zero-order valence-electron chi connectivity index (χ0n) is 22.6. The average molecular weight is 565 g/mol. The van der Waals surface area contributed by atoms with Gasteiger partial charge in [-0.3, -0.25) is 14.2 Å². The standard InChI is InChI=1S/C32H28N4O4S/c1-22-10-6-9-15-27(22)36-31(38)25-13-7-8-14-26(25)34-32(36)41-21-30(37)35-33-19-24-16-17-28(29(18-24)39-2)40-20-23-11-4-3-5-12-23/h3-19H,20-21H2,1-2H3,(H,35,37)/b33-19+. The smallest absolute Gasteiger partial charge is 0.266 e. The van der Waals surface area contributed by atoms with Crippen molar-refractivity contribution in [2.75, 3.05) is 12.9 Å². The van der Waals surface area contributed by atoms with E-state index < -0.39 is 0 Å². The number of thioether (sulfide) groups is 1. The second kappa shape index (κ2) is 13.0. The highest BCUT2D eigenvalue weighted by molar-refractivity contribution is 7.99. The summed E-state index contributed by atoms with van der Waals surface area (Å²) in [5.41, 5.74) is 6.37. The lowest BCUT2D eigenvalue weighted by Gasteiger charge is -2.14. The van der Waals surface area contributed by atoms with Crippen LogP contribution in [0, 0.1) is 6.92 Å². The summed E-state index contributed by atoms with van der Waals surface area (Å²) in [6, 6.07) is 30.1. The van der Waals surface area contributed by atoms with Gasteiger partial charge >= 0.3 is 0 Å². The molecule has 0 fully saturated rings. The molecule has 1 aromatic heterocycles. The molecule has 0 aliphatic heterocycles. The maximum Gasteiger partial charge on any atom is 0.266 e. The van der Waals surface area contributed by atoms with Crippen LogP contribution in [0.25, 0.3) is 16.6 Å². The first-order chi connectivity index (χ1) is 20.0. The molecular weight excluding hydrogens is 536 g/mol. The minimum atomic E-state index is -0.334. The number of aryl methyl sites for hydroxylation is 1. The van der Waals surface area contributed by atoms with Crippen LogP contribution < -0.4 is 20.5 Å². The number of benzene rings is 4. The minimum absolute atomic E-state index is 0.0174. The highest BCUT2D eigenvalue weighted by Crippen LogP contribution is 2.28. The van der Waals surface area contributed by atoms with Crippen molar-refractivity contribution in [3.05, 3.63) is 124 Å². The van der Waals surface area contributed by atoms with Gasteiger partial charge in [0.2, 0.25) is 0 Å². The van der Waals surface area contributed by atoms with E-state index in [1.165, 1.54) is 18.0 Å². The number of rotatable bonds is 10. The molecule has 5 rings (SSSR count). The molecule has 0 bridgehead atoms. The van der Waals surface area contributed by atoms with Gasteiger partial charge in [0.25, 0.3) is 11.5 Å². The van der Waals surface area contributed by atoms with Gasteiger partial charge in [0.1, 0.15) is 6.61 Å². The molecule has 206 valence electrons. The fraction of sp³-hybridized carbons (Fsp3) is 0.125. The van der Waals surface area contributed by atoms with Crippen LogP contribution in [0.3, 0.4) is 0 Å². The average Bonchev–Trinajstić information content (AvgIpc) is 3.00. The van der Waals surface area contributed by atoms with Gasteiger partial charge < -0.3 is 9.47 Å². The molecule has 0 aliphatic carbocycles. The lowest BCUT2D eigenvalue weighted by Crippen LogP contribution is -2.24. The predicted octanol–water partition coefficient (Wildman–Crippen LogP) is 5.52. The van der Waals surface area contributed by atoms with Crippen molar-refractivity contribution < 1.29 is 14.3 Å². The van der Waals surface area contributed by atoms with Crippen molar-refractivity contribution in [2.45, 2.75) is 18.7 Å². The Balaban J connectivity index is 1.26. The molecule has 41 heavy (non-hydrogen) atoms. The van der Waals surface area contributed by atoms with Gasteiger partial charge in [0, 0.05) is 0 Å². The number of hydrazone groups is 1. The number of hydrogen-bond acceptors (Lipinski definition) is 7. The van der Waals surface area contributed by atoms with Crippen LogP contribution in [0.4, 0.5) is 0 Å². The third-order valence-electron chi connectivity index (χ3n) is 6.26. The van der Waals surface area contributed by atoms with Crippen molar-refractivity contribution in [1.82, 2.24) is 15.0 Å². The number of nitrogens with zero attached hydrogens (tertiary/aromatic N) is 3. The SMILES string of the molecule is COc1cc(/C=N/NC(=O)CSc2nc3ccccc3c(=O)n2-c2ccccc2C)ccc1OCc1ccccc1. The Hall–Kier alpha value is -4.89. The summed E-state index contributed by atoms with van der Waals surface area (Å²) in [4.78, 5) is 30.8. The number of amides is 1. The summed E-state index contributed by atoms with van der Waals surface area (Å²) in [5, 5.41) is 5.04. The largest absolute Gasteiger partial charge is 0.493 e. The molecule has 0 unspecified atom stereocenters. The van der Waals surface area contributed by atoms with Crippen LogP contribution in [0.1, 0.15) is 16.7 Å². The van der Waals surface area contributed by atoms with Crippen LogP contribution in [-0.4, -0.2) is 34.5 Å². The third kappa shape index (κ3) is 6.64. The van der Waals surface area contributed by atoms with Crippen molar-refractivity contribution in [3.63, 3.8) is 0 Å². The van der Waals surface area contributed by atoms with Gasteiger partial charge in [-0.15, -0.1) is 0 Å². The molecule has 0 radical (unpaired) electrons. The van der Waals surface area contributed by atoms with E-state index in [1.807, 2.05) is 79.7 Å². The minimum Gasteiger partial charge on any atom is -0.493 e. The first-order valence-electron chi connectivity index (χ1n) is 12.9. The second-order valence-electron chi connectivity index (χ2n) is 9.11. The Labute approximate surface area is 241 Å². The van der Waals surface area contributed by atoms with Crippen LogP contribution in [0.2, 0.25) is 0 Å². The number of hydrogen-bond donors (Lipinski definition) is 1. The topological polar surface area (TPSA) is 94.8 Å². The summed E-state index contributed by atoms with van der Waals surface area (Å²) >= 11 is 1.17. The summed E-state index contributed by atoms with van der Waals surface area (Å²) in [5.74, 6) is 0.850. The van der Waals surface area contributed by atoms with Crippen molar-refractivity contribution in [2.24, 2.45) is 5.10 Å². The molecule has 0 spiro atoms. The fourth-order valence-electron chi connectivity index (χ4n) is 4.20. The highest BCUT2D eigenvalue weighted by Gasteiger charge is 2.16. The Kier molecular flexibility index (Phi) is 8.76. The van der Waals surface area contributed by atoms with Crippen LogP contribution >= 0.6 is 11.8 Å². The normalized spacial score (nSPS) is 11.1. The summed E-state index contributed by atoms with van der Waals surface area (Å²) in [6.45, 7) is 2.35. The number of para-hydroxylation sites is 2. The molecule has 1 amide bonds. The molecule has 4 aromatic carbocycles. The van der Waals surface area contributed by atoms with Crippen molar-refractivity contribution >= 4 is 34.8 Å². The molecule has 5 aromatic rings. The zero-order valence-corrected chi connectivity index (χ0v) is 23.4. The molecule has 0 saturated heterocycles. The van der Waals surface area contributed by atoms with Crippen molar-refractivity contribution in [1.29, 1.82) is 0 Å². The Morgan fingerprint density at radius 1 is 0.976 bits per heavy atom. The van der Waals surface area contributed by atoms with E-state index in [4.69, 9.17) is 14.5 Å². The number of aromatic nitrogens is 2. The van der Waals surface area contributed by atoms with Crippen LogP contribution in [-0.2, 0) is 11.4 Å². The number of carbonyl (C=O) groups is 1. The maximum atomic E-state index is 13.4. The Morgan fingerprint density at radius 3 is 2.54 bits per heavy atom. The van der Waals surface area contributed by atoms with Gasteiger partial charge in [0.05, 0.1) is 35.7 Å². The molecule has 0 saturated carbocycles. The molecule has 0 atom stereocenters. The van der Waals surface area contributed by atoms with E-state index >= 15 is 0 Å².